The molecule has 0 radical (unpaired) electrons. The predicted octanol–water partition coefficient (Wildman–Crippen LogP) is 3.33. The van der Waals surface area contributed by atoms with Crippen LogP contribution in [0.15, 0.2) is 48.5 Å². The van der Waals surface area contributed by atoms with Crippen LogP contribution in [0.3, 0.4) is 0 Å². The Hall–Kier alpha value is -2.69. The van der Waals surface area contributed by atoms with Crippen molar-refractivity contribution >= 4 is 17.2 Å². The molecule has 1 unspecified atom stereocenters. The van der Waals surface area contributed by atoms with Gasteiger partial charge in [-0.05, 0) is 17.7 Å². The molecule has 0 amide bonds. The van der Waals surface area contributed by atoms with Gasteiger partial charge < -0.3 is 5.32 Å². The Balaban J connectivity index is 1.90. The van der Waals surface area contributed by atoms with Crippen molar-refractivity contribution in [3.63, 3.8) is 0 Å². The molecule has 5 heteroatoms. The summed E-state index contributed by atoms with van der Waals surface area (Å²) in [5.74, 6) is 0.0858. The highest BCUT2D eigenvalue weighted by atomic mass is 16.6. The standard InChI is InChI=1S/C15H12N2O3/c18-15-9-14(16-13-4-2-1-3-12(13)15)10-5-7-11(8-6-10)17(19)20/h1-8,14,16H,9H2. The third-order valence-corrected chi connectivity index (χ3v) is 3.45. The van der Waals surface area contributed by atoms with E-state index in [1.165, 1.54) is 12.1 Å². The first kappa shape index (κ1) is 12.3. The number of nitrogens with zero attached hydrogens (tertiary/aromatic N) is 1. The van der Waals surface area contributed by atoms with Gasteiger partial charge in [0.2, 0.25) is 0 Å². The number of anilines is 1. The van der Waals surface area contributed by atoms with E-state index >= 15 is 0 Å². The number of nitro groups is 1. The monoisotopic (exact) mass is 268 g/mol. The lowest BCUT2D eigenvalue weighted by Crippen LogP contribution is -2.22. The third kappa shape index (κ3) is 2.14. The van der Waals surface area contributed by atoms with Gasteiger partial charge in [-0.1, -0.05) is 24.3 Å². The zero-order valence-electron chi connectivity index (χ0n) is 10.6. The molecule has 20 heavy (non-hydrogen) atoms. The van der Waals surface area contributed by atoms with Gasteiger partial charge in [-0.3, -0.25) is 14.9 Å². The number of rotatable bonds is 2. The van der Waals surface area contributed by atoms with Gasteiger partial charge in [0.25, 0.3) is 5.69 Å². The van der Waals surface area contributed by atoms with E-state index in [-0.39, 0.29) is 17.5 Å². The normalized spacial score (nSPS) is 17.2. The molecule has 0 spiro atoms. The van der Waals surface area contributed by atoms with Gasteiger partial charge in [0.15, 0.2) is 5.78 Å². The van der Waals surface area contributed by atoms with Crippen molar-refractivity contribution in [2.45, 2.75) is 12.5 Å². The fourth-order valence-corrected chi connectivity index (χ4v) is 2.42. The lowest BCUT2D eigenvalue weighted by atomic mass is 9.92. The summed E-state index contributed by atoms with van der Waals surface area (Å²) in [5, 5.41) is 13.9. The van der Waals surface area contributed by atoms with E-state index in [0.29, 0.717) is 12.0 Å². The number of nitro benzene ring substituents is 1. The summed E-state index contributed by atoms with van der Waals surface area (Å²) in [4.78, 5) is 22.3. The van der Waals surface area contributed by atoms with Crippen LogP contribution >= 0.6 is 0 Å². The minimum atomic E-state index is -0.432. The van der Waals surface area contributed by atoms with Crippen molar-refractivity contribution in [3.8, 4) is 0 Å². The van der Waals surface area contributed by atoms with Gasteiger partial charge in [0.05, 0.1) is 11.0 Å². The highest BCUT2D eigenvalue weighted by Gasteiger charge is 2.25. The molecular weight excluding hydrogens is 256 g/mol. The van der Waals surface area contributed by atoms with Gasteiger partial charge >= 0.3 is 0 Å². The van der Waals surface area contributed by atoms with Gasteiger partial charge in [0, 0.05) is 29.8 Å². The summed E-state index contributed by atoms with van der Waals surface area (Å²) in [7, 11) is 0. The first-order valence-electron chi connectivity index (χ1n) is 6.28. The Bertz CT molecular complexity index is 680. The van der Waals surface area contributed by atoms with Gasteiger partial charge in [-0.15, -0.1) is 0 Å². The molecule has 0 aromatic heterocycles. The topological polar surface area (TPSA) is 72.2 Å². The van der Waals surface area contributed by atoms with Crippen molar-refractivity contribution in [1.29, 1.82) is 0 Å². The van der Waals surface area contributed by atoms with Crippen LogP contribution < -0.4 is 5.32 Å². The van der Waals surface area contributed by atoms with E-state index < -0.39 is 4.92 Å². The van der Waals surface area contributed by atoms with Crippen LogP contribution in [0.25, 0.3) is 0 Å². The number of benzene rings is 2. The molecule has 0 aliphatic carbocycles. The largest absolute Gasteiger partial charge is 0.377 e. The zero-order valence-corrected chi connectivity index (χ0v) is 10.6. The highest BCUT2D eigenvalue weighted by molar-refractivity contribution is 6.03. The van der Waals surface area contributed by atoms with Crippen molar-refractivity contribution in [2.75, 3.05) is 5.32 Å². The van der Waals surface area contributed by atoms with E-state index in [1.54, 1.807) is 18.2 Å². The molecule has 0 bridgehead atoms. The molecule has 0 fully saturated rings. The van der Waals surface area contributed by atoms with E-state index in [4.69, 9.17) is 0 Å². The summed E-state index contributed by atoms with van der Waals surface area (Å²) >= 11 is 0. The number of ketones is 1. The maximum atomic E-state index is 12.1. The number of carbonyl (C=O) groups is 1. The van der Waals surface area contributed by atoms with Crippen LogP contribution in [0.1, 0.15) is 28.4 Å². The molecule has 0 saturated carbocycles. The summed E-state index contributed by atoms with van der Waals surface area (Å²) in [6, 6.07) is 13.5. The SMILES string of the molecule is O=C1CC(c2ccc([N+](=O)[O-])cc2)Nc2ccccc21. The fourth-order valence-electron chi connectivity index (χ4n) is 2.42. The first-order valence-corrected chi connectivity index (χ1v) is 6.28. The van der Waals surface area contributed by atoms with Crippen molar-refractivity contribution < 1.29 is 9.72 Å². The molecule has 1 heterocycles. The van der Waals surface area contributed by atoms with Crippen molar-refractivity contribution in [3.05, 3.63) is 69.8 Å². The molecule has 1 aliphatic rings. The molecule has 3 rings (SSSR count). The number of fused-ring (bicyclic) bond motifs is 1. The summed E-state index contributed by atoms with van der Waals surface area (Å²) in [6.07, 6.45) is 0.356. The minimum absolute atomic E-state index is 0.0521. The van der Waals surface area contributed by atoms with Gasteiger partial charge in [0.1, 0.15) is 0 Å². The summed E-state index contributed by atoms with van der Waals surface area (Å²) in [6.45, 7) is 0. The summed E-state index contributed by atoms with van der Waals surface area (Å²) in [5.41, 5.74) is 2.44. The Morgan fingerprint density at radius 3 is 2.50 bits per heavy atom. The Labute approximate surface area is 115 Å². The molecule has 1 N–H and O–H groups in total. The van der Waals surface area contributed by atoms with Crippen LogP contribution in [-0.2, 0) is 0 Å². The number of Topliss-reactive ketones (excluding diaryl/α,β-unsaturated/α-hetero) is 1. The second-order valence-corrected chi connectivity index (χ2v) is 4.72. The quantitative estimate of drug-likeness (QED) is 0.669. The number of nitrogens with one attached hydrogen (secondary N) is 1. The van der Waals surface area contributed by atoms with Crippen LogP contribution in [-0.4, -0.2) is 10.7 Å². The van der Waals surface area contributed by atoms with Crippen LogP contribution in [0.5, 0.6) is 0 Å². The van der Waals surface area contributed by atoms with Gasteiger partial charge in [-0.2, -0.15) is 0 Å². The Morgan fingerprint density at radius 2 is 1.80 bits per heavy atom. The Morgan fingerprint density at radius 1 is 1.10 bits per heavy atom. The fraction of sp³-hybridized carbons (Fsp3) is 0.133. The van der Waals surface area contributed by atoms with Gasteiger partial charge in [-0.25, -0.2) is 0 Å². The number of para-hydroxylation sites is 1. The lowest BCUT2D eigenvalue weighted by molar-refractivity contribution is -0.384. The smallest absolute Gasteiger partial charge is 0.269 e. The molecule has 1 aliphatic heterocycles. The molecule has 5 nitrogen and oxygen atoms in total. The molecule has 2 aromatic carbocycles. The third-order valence-electron chi connectivity index (χ3n) is 3.45. The first-order chi connectivity index (χ1) is 9.65. The second kappa shape index (κ2) is 4.77. The lowest BCUT2D eigenvalue weighted by Gasteiger charge is -2.26. The van der Waals surface area contributed by atoms with E-state index in [9.17, 15) is 14.9 Å². The minimum Gasteiger partial charge on any atom is -0.377 e. The maximum Gasteiger partial charge on any atom is 0.269 e. The van der Waals surface area contributed by atoms with Crippen LogP contribution in [0.4, 0.5) is 11.4 Å². The highest BCUT2D eigenvalue weighted by Crippen LogP contribution is 2.32. The number of non-ortho nitro benzene ring substituents is 1. The average Bonchev–Trinajstić information content (AvgIpc) is 2.47. The average molecular weight is 268 g/mol. The molecule has 100 valence electrons. The number of hydrogen-bond donors (Lipinski definition) is 1. The molecule has 2 aromatic rings. The predicted molar refractivity (Wildman–Crippen MR) is 74.8 cm³/mol. The van der Waals surface area contributed by atoms with E-state index in [2.05, 4.69) is 5.32 Å². The van der Waals surface area contributed by atoms with Crippen molar-refractivity contribution in [2.24, 2.45) is 0 Å². The van der Waals surface area contributed by atoms with Crippen LogP contribution in [0.2, 0.25) is 0 Å². The molecule has 1 atom stereocenters. The van der Waals surface area contributed by atoms with E-state index in [0.717, 1.165) is 11.3 Å². The van der Waals surface area contributed by atoms with E-state index in [1.807, 2.05) is 18.2 Å². The maximum absolute atomic E-state index is 12.1. The second-order valence-electron chi connectivity index (χ2n) is 4.72. The number of hydrogen-bond acceptors (Lipinski definition) is 4. The molecular formula is C15H12N2O3. The Kier molecular flexibility index (Phi) is 2.95. The number of carbonyl (C=O) groups excluding carboxylic acids is 1. The zero-order chi connectivity index (χ0) is 14.1. The van der Waals surface area contributed by atoms with Crippen molar-refractivity contribution in [1.82, 2.24) is 0 Å². The molecule has 0 saturated heterocycles. The van der Waals surface area contributed by atoms with Crippen LogP contribution in [0, 0.1) is 10.1 Å². The summed E-state index contributed by atoms with van der Waals surface area (Å²) < 4.78 is 0.